The molecule has 90 valence electrons. The maximum atomic E-state index is 5.69. The molecule has 1 unspecified atom stereocenters. The molecule has 2 nitrogen and oxygen atoms in total. The van der Waals surface area contributed by atoms with Crippen molar-refractivity contribution in [2.24, 2.45) is 5.41 Å². The lowest BCUT2D eigenvalue weighted by Gasteiger charge is -2.23. The van der Waals surface area contributed by atoms with Crippen LogP contribution < -0.4 is 5.32 Å². The molecule has 0 amide bonds. The average molecular weight is 213 g/mol. The molecule has 1 saturated heterocycles. The zero-order valence-corrected chi connectivity index (χ0v) is 10.6. The molecule has 1 heterocycles. The van der Waals surface area contributed by atoms with Crippen LogP contribution in [0.5, 0.6) is 0 Å². The normalized spacial score (nSPS) is 23.0. The van der Waals surface area contributed by atoms with Crippen molar-refractivity contribution >= 4 is 0 Å². The van der Waals surface area contributed by atoms with E-state index < -0.39 is 0 Å². The summed E-state index contributed by atoms with van der Waals surface area (Å²) in [6.07, 6.45) is 6.84. The largest absolute Gasteiger partial charge is 0.378 e. The molecular weight excluding hydrogens is 186 g/mol. The minimum atomic E-state index is 0.453. The maximum Gasteiger partial charge on any atom is 0.0587 e. The van der Waals surface area contributed by atoms with E-state index in [1.165, 1.54) is 32.1 Å². The number of hydrogen-bond acceptors (Lipinski definition) is 2. The summed E-state index contributed by atoms with van der Waals surface area (Å²) in [6, 6.07) is 0. The maximum absolute atomic E-state index is 5.69. The van der Waals surface area contributed by atoms with Crippen LogP contribution in [0.25, 0.3) is 0 Å². The van der Waals surface area contributed by atoms with E-state index in [1.807, 2.05) is 0 Å². The van der Waals surface area contributed by atoms with Crippen molar-refractivity contribution < 1.29 is 4.74 Å². The van der Waals surface area contributed by atoms with E-state index in [9.17, 15) is 0 Å². The highest BCUT2D eigenvalue weighted by molar-refractivity contribution is 4.67. The molecule has 0 bridgehead atoms. The molecule has 1 aliphatic heterocycles. The van der Waals surface area contributed by atoms with Crippen LogP contribution in [0.3, 0.4) is 0 Å². The lowest BCUT2D eigenvalue weighted by molar-refractivity contribution is 0.0115. The Morgan fingerprint density at radius 3 is 2.60 bits per heavy atom. The zero-order chi connectivity index (χ0) is 11.1. The molecule has 0 saturated carbocycles. The first-order valence-electron chi connectivity index (χ1n) is 6.40. The van der Waals surface area contributed by atoms with Crippen LogP contribution in [0.15, 0.2) is 0 Å². The van der Waals surface area contributed by atoms with Crippen molar-refractivity contribution in [2.75, 3.05) is 19.7 Å². The smallest absolute Gasteiger partial charge is 0.0587 e. The number of rotatable bonds is 5. The third kappa shape index (κ3) is 6.91. The summed E-state index contributed by atoms with van der Waals surface area (Å²) in [5, 5.41) is 3.51. The van der Waals surface area contributed by atoms with E-state index >= 15 is 0 Å². The van der Waals surface area contributed by atoms with Crippen LogP contribution in [-0.2, 0) is 4.74 Å². The molecule has 0 aromatic carbocycles. The summed E-state index contributed by atoms with van der Waals surface area (Å²) in [5.41, 5.74) is 0.453. The standard InChI is InChI=1S/C13H27NO/c1-13(2,3)8-10-14-9-7-12-6-4-5-11-15-12/h12,14H,4-11H2,1-3H3. The molecule has 1 aliphatic rings. The van der Waals surface area contributed by atoms with Gasteiger partial charge in [-0.05, 0) is 50.6 Å². The highest BCUT2D eigenvalue weighted by Gasteiger charge is 2.13. The fraction of sp³-hybridized carbons (Fsp3) is 1.00. The quantitative estimate of drug-likeness (QED) is 0.709. The summed E-state index contributed by atoms with van der Waals surface area (Å²) in [5.74, 6) is 0. The van der Waals surface area contributed by atoms with Gasteiger partial charge in [-0.1, -0.05) is 20.8 Å². The summed E-state index contributed by atoms with van der Waals surface area (Å²) in [6.45, 7) is 10.1. The van der Waals surface area contributed by atoms with Crippen molar-refractivity contribution in [2.45, 2.75) is 59.0 Å². The van der Waals surface area contributed by atoms with Crippen LogP contribution in [-0.4, -0.2) is 25.8 Å². The second-order valence-electron chi connectivity index (χ2n) is 5.84. The van der Waals surface area contributed by atoms with Gasteiger partial charge in [0.2, 0.25) is 0 Å². The first-order chi connectivity index (χ1) is 7.08. The molecule has 1 fully saturated rings. The van der Waals surface area contributed by atoms with E-state index in [4.69, 9.17) is 4.74 Å². The lowest BCUT2D eigenvalue weighted by Crippen LogP contribution is -2.27. The minimum Gasteiger partial charge on any atom is -0.378 e. The summed E-state index contributed by atoms with van der Waals surface area (Å²) in [4.78, 5) is 0. The minimum absolute atomic E-state index is 0.453. The van der Waals surface area contributed by atoms with Gasteiger partial charge in [-0.15, -0.1) is 0 Å². The SMILES string of the molecule is CC(C)(C)CCNCCC1CCCCO1. The highest BCUT2D eigenvalue weighted by atomic mass is 16.5. The van der Waals surface area contributed by atoms with Crippen molar-refractivity contribution in [1.29, 1.82) is 0 Å². The first-order valence-corrected chi connectivity index (χ1v) is 6.40. The van der Waals surface area contributed by atoms with Crippen LogP contribution in [0.2, 0.25) is 0 Å². The second kappa shape index (κ2) is 6.49. The van der Waals surface area contributed by atoms with Gasteiger partial charge in [0.25, 0.3) is 0 Å². The fourth-order valence-electron chi connectivity index (χ4n) is 1.89. The van der Waals surface area contributed by atoms with E-state index in [-0.39, 0.29) is 0 Å². The molecule has 0 aliphatic carbocycles. The van der Waals surface area contributed by atoms with Crippen molar-refractivity contribution in [3.63, 3.8) is 0 Å². The summed E-state index contributed by atoms with van der Waals surface area (Å²) in [7, 11) is 0. The Bertz CT molecular complexity index is 156. The number of nitrogens with one attached hydrogen (secondary N) is 1. The first kappa shape index (κ1) is 13.0. The van der Waals surface area contributed by atoms with Gasteiger partial charge in [-0.25, -0.2) is 0 Å². The average Bonchev–Trinajstić information content (AvgIpc) is 2.17. The van der Waals surface area contributed by atoms with Crippen molar-refractivity contribution in [3.05, 3.63) is 0 Å². The molecule has 0 aromatic heterocycles. The molecule has 0 spiro atoms. The van der Waals surface area contributed by atoms with Crippen molar-refractivity contribution in [3.8, 4) is 0 Å². The highest BCUT2D eigenvalue weighted by Crippen LogP contribution is 2.17. The van der Waals surface area contributed by atoms with Crippen LogP contribution in [0.1, 0.15) is 52.9 Å². The summed E-state index contributed by atoms with van der Waals surface area (Å²) < 4.78 is 5.69. The van der Waals surface area contributed by atoms with Gasteiger partial charge >= 0.3 is 0 Å². The van der Waals surface area contributed by atoms with Gasteiger partial charge in [-0.2, -0.15) is 0 Å². The van der Waals surface area contributed by atoms with E-state index in [2.05, 4.69) is 26.1 Å². The van der Waals surface area contributed by atoms with Gasteiger partial charge in [0.15, 0.2) is 0 Å². The molecule has 2 heteroatoms. The van der Waals surface area contributed by atoms with Crippen LogP contribution in [0, 0.1) is 5.41 Å². The molecule has 0 aromatic rings. The zero-order valence-electron chi connectivity index (χ0n) is 10.6. The van der Waals surface area contributed by atoms with Crippen LogP contribution >= 0.6 is 0 Å². The Balaban J connectivity index is 1.92. The predicted molar refractivity (Wildman–Crippen MR) is 65.1 cm³/mol. The van der Waals surface area contributed by atoms with Gasteiger partial charge in [-0.3, -0.25) is 0 Å². The molecular formula is C13H27NO. The Kier molecular flexibility index (Phi) is 5.62. The molecule has 1 rings (SSSR count). The van der Waals surface area contributed by atoms with E-state index in [1.54, 1.807) is 0 Å². The van der Waals surface area contributed by atoms with Gasteiger partial charge in [0.1, 0.15) is 0 Å². The van der Waals surface area contributed by atoms with Crippen LogP contribution in [0.4, 0.5) is 0 Å². The molecule has 15 heavy (non-hydrogen) atoms. The Hall–Kier alpha value is -0.0800. The Morgan fingerprint density at radius 2 is 2.00 bits per heavy atom. The molecule has 1 N–H and O–H groups in total. The topological polar surface area (TPSA) is 21.3 Å². The van der Waals surface area contributed by atoms with Crippen molar-refractivity contribution in [1.82, 2.24) is 5.32 Å². The van der Waals surface area contributed by atoms with E-state index in [0.717, 1.165) is 19.7 Å². The lowest BCUT2D eigenvalue weighted by atomic mass is 9.92. The fourth-order valence-corrected chi connectivity index (χ4v) is 1.89. The third-order valence-corrected chi connectivity index (χ3v) is 2.97. The van der Waals surface area contributed by atoms with Gasteiger partial charge in [0.05, 0.1) is 6.10 Å². The van der Waals surface area contributed by atoms with Gasteiger partial charge in [0, 0.05) is 6.61 Å². The summed E-state index contributed by atoms with van der Waals surface area (Å²) >= 11 is 0. The third-order valence-electron chi connectivity index (χ3n) is 2.97. The monoisotopic (exact) mass is 213 g/mol. The number of ether oxygens (including phenoxy) is 1. The number of hydrogen-bond donors (Lipinski definition) is 1. The molecule has 0 radical (unpaired) electrons. The Labute approximate surface area is 94.8 Å². The van der Waals surface area contributed by atoms with Gasteiger partial charge < -0.3 is 10.1 Å². The van der Waals surface area contributed by atoms with E-state index in [0.29, 0.717) is 11.5 Å². The Morgan fingerprint density at radius 1 is 1.20 bits per heavy atom. The second-order valence-corrected chi connectivity index (χ2v) is 5.84. The predicted octanol–water partition coefficient (Wildman–Crippen LogP) is 2.97. The molecule has 1 atom stereocenters.